The molecule has 1 heterocycles. The largest absolute Gasteiger partial charge is 0.394 e. The molecule has 5 N–H and O–H groups in total. The summed E-state index contributed by atoms with van der Waals surface area (Å²) in [7, 11) is 1.08. The number of rotatable bonds is 3. The minimum atomic E-state index is -1.60. The topological polar surface area (TPSA) is 152 Å². The van der Waals surface area contributed by atoms with Gasteiger partial charge in [0.2, 0.25) is 0 Å². The SMILES string of the molecule is CN(N=O)C(=O)N[C@@H]1O[C@H](CO)[C@@H](O)[C@H](O)[C@H]1O. The maximum absolute atomic E-state index is 11.3. The molecule has 0 radical (unpaired) electrons. The van der Waals surface area contributed by atoms with E-state index >= 15 is 0 Å². The molecule has 1 aliphatic heterocycles. The first-order valence-corrected chi connectivity index (χ1v) is 5.10. The number of hydrogen-bond donors (Lipinski definition) is 5. The number of nitroso groups, excluding NO2 is 1. The molecular formula is C8H15N3O7. The molecule has 5 atom stereocenters. The Morgan fingerprint density at radius 1 is 1.33 bits per heavy atom. The van der Waals surface area contributed by atoms with Crippen LogP contribution < -0.4 is 5.32 Å². The molecule has 0 aromatic heterocycles. The van der Waals surface area contributed by atoms with E-state index in [0.717, 1.165) is 7.05 Å². The minimum Gasteiger partial charge on any atom is -0.394 e. The van der Waals surface area contributed by atoms with Crippen molar-refractivity contribution in [3.05, 3.63) is 4.91 Å². The molecule has 0 spiro atoms. The maximum atomic E-state index is 11.3. The Balaban J connectivity index is 2.70. The molecule has 0 unspecified atom stereocenters. The number of nitrogens with one attached hydrogen (secondary N) is 1. The van der Waals surface area contributed by atoms with Crippen LogP contribution in [0.2, 0.25) is 0 Å². The van der Waals surface area contributed by atoms with Gasteiger partial charge in [-0.05, 0) is 0 Å². The molecule has 18 heavy (non-hydrogen) atoms. The summed E-state index contributed by atoms with van der Waals surface area (Å²) in [5.74, 6) is 0. The lowest BCUT2D eigenvalue weighted by atomic mass is 9.98. The molecule has 2 amide bonds. The first-order chi connectivity index (χ1) is 8.42. The highest BCUT2D eigenvalue weighted by Crippen LogP contribution is 2.19. The zero-order valence-electron chi connectivity index (χ0n) is 9.50. The summed E-state index contributed by atoms with van der Waals surface area (Å²) >= 11 is 0. The van der Waals surface area contributed by atoms with Crippen LogP contribution in [-0.2, 0) is 4.74 Å². The van der Waals surface area contributed by atoms with Gasteiger partial charge < -0.3 is 30.5 Å². The molecular weight excluding hydrogens is 250 g/mol. The summed E-state index contributed by atoms with van der Waals surface area (Å²) < 4.78 is 4.98. The van der Waals surface area contributed by atoms with Crippen molar-refractivity contribution in [1.29, 1.82) is 0 Å². The van der Waals surface area contributed by atoms with Gasteiger partial charge in [0, 0.05) is 7.05 Å². The van der Waals surface area contributed by atoms with Gasteiger partial charge in [-0.25, -0.2) is 4.79 Å². The van der Waals surface area contributed by atoms with Crippen molar-refractivity contribution in [2.45, 2.75) is 30.6 Å². The van der Waals surface area contributed by atoms with Crippen molar-refractivity contribution >= 4 is 6.03 Å². The van der Waals surface area contributed by atoms with E-state index in [4.69, 9.17) is 9.84 Å². The number of amides is 2. The van der Waals surface area contributed by atoms with Gasteiger partial charge in [-0.3, -0.25) is 0 Å². The molecule has 0 aromatic carbocycles. The molecule has 1 fully saturated rings. The summed E-state index contributed by atoms with van der Waals surface area (Å²) in [5, 5.41) is 42.2. The molecule has 0 aliphatic carbocycles. The predicted molar refractivity (Wildman–Crippen MR) is 55.9 cm³/mol. The Kier molecular flexibility index (Phi) is 4.93. The van der Waals surface area contributed by atoms with E-state index in [-0.39, 0.29) is 0 Å². The third-order valence-corrected chi connectivity index (χ3v) is 2.57. The predicted octanol–water partition coefficient (Wildman–Crippen LogP) is -2.89. The number of aliphatic hydroxyl groups is 4. The number of ether oxygens (including phenoxy) is 1. The van der Waals surface area contributed by atoms with Crippen molar-refractivity contribution in [1.82, 2.24) is 10.3 Å². The summed E-state index contributed by atoms with van der Waals surface area (Å²) in [6.07, 6.45) is -7.23. The highest BCUT2D eigenvalue weighted by Gasteiger charge is 2.44. The lowest BCUT2D eigenvalue weighted by molar-refractivity contribution is -0.233. The van der Waals surface area contributed by atoms with E-state index in [9.17, 15) is 25.0 Å². The minimum absolute atomic E-state index is 0.418. The third-order valence-electron chi connectivity index (χ3n) is 2.57. The smallest absolute Gasteiger partial charge is 0.342 e. The van der Waals surface area contributed by atoms with Crippen LogP contribution in [0.1, 0.15) is 0 Å². The summed E-state index contributed by atoms with van der Waals surface area (Å²) in [6.45, 7) is -0.612. The average Bonchev–Trinajstić information content (AvgIpc) is 2.38. The van der Waals surface area contributed by atoms with Gasteiger partial charge in [-0.2, -0.15) is 5.01 Å². The van der Waals surface area contributed by atoms with E-state index in [1.54, 1.807) is 0 Å². The van der Waals surface area contributed by atoms with Gasteiger partial charge in [-0.15, -0.1) is 4.91 Å². The Labute approximate surface area is 102 Å². The fraction of sp³-hybridized carbons (Fsp3) is 0.875. The third kappa shape index (κ3) is 2.91. The van der Waals surface area contributed by atoms with E-state index in [0.29, 0.717) is 5.01 Å². The van der Waals surface area contributed by atoms with Crippen molar-refractivity contribution < 1.29 is 30.0 Å². The average molecular weight is 265 g/mol. The second-order valence-corrected chi connectivity index (χ2v) is 3.80. The van der Waals surface area contributed by atoms with E-state index in [1.807, 2.05) is 0 Å². The standard InChI is InChI=1S/C8H15N3O7/c1-11(10-17)8(16)9-7-6(15)5(14)4(13)3(2-12)18-7/h3-7,12-15H,2H2,1H3,(H,9,16)/t3-,4-,5+,6-,7-/m1/s1. The van der Waals surface area contributed by atoms with Crippen molar-refractivity contribution in [3.8, 4) is 0 Å². The summed E-state index contributed by atoms with van der Waals surface area (Å²) in [5.41, 5.74) is 0. The molecule has 1 saturated heterocycles. The molecule has 1 rings (SSSR count). The molecule has 104 valence electrons. The summed E-state index contributed by atoms with van der Waals surface area (Å²) in [4.78, 5) is 21.4. The van der Waals surface area contributed by atoms with Gasteiger partial charge >= 0.3 is 6.03 Å². The van der Waals surface area contributed by atoms with Gasteiger partial charge in [0.15, 0.2) is 6.23 Å². The number of urea groups is 1. The fourth-order valence-electron chi connectivity index (χ4n) is 1.47. The highest BCUT2D eigenvalue weighted by atomic mass is 16.6. The number of carbonyl (C=O) groups is 1. The van der Waals surface area contributed by atoms with E-state index in [2.05, 4.69) is 10.6 Å². The Morgan fingerprint density at radius 2 is 1.94 bits per heavy atom. The van der Waals surface area contributed by atoms with Crippen LogP contribution >= 0.6 is 0 Å². The van der Waals surface area contributed by atoms with Crippen molar-refractivity contribution in [2.75, 3.05) is 13.7 Å². The van der Waals surface area contributed by atoms with Crippen LogP contribution in [0.15, 0.2) is 5.29 Å². The number of nitrogens with zero attached hydrogens (tertiary/aromatic N) is 2. The quantitative estimate of drug-likeness (QED) is 0.271. The normalized spacial score (nSPS) is 35.9. The zero-order valence-corrected chi connectivity index (χ0v) is 9.50. The first-order valence-electron chi connectivity index (χ1n) is 5.10. The van der Waals surface area contributed by atoms with Crippen LogP contribution in [-0.4, -0.2) is 75.8 Å². The summed E-state index contributed by atoms with van der Waals surface area (Å²) in [6, 6.07) is -0.964. The lowest BCUT2D eigenvalue weighted by Gasteiger charge is -2.40. The van der Waals surface area contributed by atoms with Crippen LogP contribution in [0.5, 0.6) is 0 Å². The van der Waals surface area contributed by atoms with Gasteiger partial charge in [0.25, 0.3) is 0 Å². The number of aliphatic hydroxyl groups excluding tert-OH is 4. The van der Waals surface area contributed by atoms with Crippen molar-refractivity contribution in [3.63, 3.8) is 0 Å². The first kappa shape index (κ1) is 14.7. The van der Waals surface area contributed by atoms with Crippen molar-refractivity contribution in [2.24, 2.45) is 5.29 Å². The van der Waals surface area contributed by atoms with Crippen LogP contribution in [0, 0.1) is 4.91 Å². The number of hydrogen-bond acceptors (Lipinski definition) is 8. The van der Waals surface area contributed by atoms with Crippen LogP contribution in [0.3, 0.4) is 0 Å². The van der Waals surface area contributed by atoms with Crippen LogP contribution in [0.4, 0.5) is 4.79 Å². The zero-order chi connectivity index (χ0) is 13.9. The van der Waals surface area contributed by atoms with Gasteiger partial charge in [-0.1, -0.05) is 0 Å². The lowest BCUT2D eigenvalue weighted by Crippen LogP contribution is -2.63. The molecule has 0 saturated carbocycles. The molecule has 0 bridgehead atoms. The second kappa shape index (κ2) is 6.02. The number of carbonyl (C=O) groups excluding carboxylic acids is 1. The van der Waals surface area contributed by atoms with E-state index in [1.165, 1.54) is 0 Å². The molecule has 1 aliphatic rings. The molecule has 10 nitrogen and oxygen atoms in total. The molecule has 0 aromatic rings. The Hall–Kier alpha value is -1.33. The van der Waals surface area contributed by atoms with Gasteiger partial charge in [0.05, 0.1) is 11.9 Å². The monoisotopic (exact) mass is 265 g/mol. The van der Waals surface area contributed by atoms with Gasteiger partial charge in [0.1, 0.15) is 24.4 Å². The maximum Gasteiger partial charge on any atom is 0.342 e. The Morgan fingerprint density at radius 3 is 2.44 bits per heavy atom. The second-order valence-electron chi connectivity index (χ2n) is 3.80. The van der Waals surface area contributed by atoms with Crippen LogP contribution in [0.25, 0.3) is 0 Å². The highest BCUT2D eigenvalue weighted by molar-refractivity contribution is 5.73. The fourth-order valence-corrected chi connectivity index (χ4v) is 1.47. The Bertz CT molecular complexity index is 313. The molecule has 10 heteroatoms. The van der Waals surface area contributed by atoms with E-state index < -0.39 is 43.3 Å².